The zero-order valence-electron chi connectivity index (χ0n) is 16.0. The van der Waals surface area contributed by atoms with Gasteiger partial charge in [-0.05, 0) is 48.0 Å². The quantitative estimate of drug-likeness (QED) is 0.664. The van der Waals surface area contributed by atoms with Crippen LogP contribution in [-0.4, -0.2) is 28.7 Å². The number of benzene rings is 2. The maximum absolute atomic E-state index is 12.7. The minimum absolute atomic E-state index is 0.142. The molecular weight excluding hydrogens is 395 g/mol. The van der Waals surface area contributed by atoms with E-state index in [0.717, 1.165) is 12.1 Å². The summed E-state index contributed by atoms with van der Waals surface area (Å²) in [6, 6.07) is 14.4. The molecule has 3 rings (SSSR count). The van der Waals surface area contributed by atoms with Gasteiger partial charge in [0.2, 0.25) is 0 Å². The Morgan fingerprint density at radius 1 is 1.00 bits per heavy atom. The molecule has 0 atom stereocenters. The van der Waals surface area contributed by atoms with E-state index >= 15 is 0 Å². The number of halogens is 3. The van der Waals surface area contributed by atoms with E-state index in [1.54, 1.807) is 49.6 Å². The zero-order valence-corrected chi connectivity index (χ0v) is 16.0. The number of nitrogens with zero attached hydrogens (tertiary/aromatic N) is 2. The summed E-state index contributed by atoms with van der Waals surface area (Å²) >= 11 is 0. The van der Waals surface area contributed by atoms with Crippen molar-refractivity contribution >= 4 is 17.5 Å². The molecule has 0 spiro atoms. The van der Waals surface area contributed by atoms with Gasteiger partial charge in [-0.15, -0.1) is 0 Å². The first-order chi connectivity index (χ1) is 14.2. The smallest absolute Gasteiger partial charge is 0.337 e. The topological polar surface area (TPSA) is 62.3 Å². The van der Waals surface area contributed by atoms with Crippen LogP contribution in [0.4, 0.5) is 18.9 Å². The first-order valence-corrected chi connectivity index (χ1v) is 8.97. The van der Waals surface area contributed by atoms with E-state index in [1.807, 2.05) is 0 Å². The molecule has 0 aliphatic heterocycles. The molecule has 0 aliphatic rings. The Kier molecular flexibility index (Phi) is 6.15. The van der Waals surface area contributed by atoms with Crippen LogP contribution in [0.2, 0.25) is 0 Å². The molecule has 0 bridgehead atoms. The van der Waals surface area contributed by atoms with Gasteiger partial charge in [0.1, 0.15) is 0 Å². The first kappa shape index (κ1) is 21.0. The van der Waals surface area contributed by atoms with Crippen molar-refractivity contribution in [1.82, 2.24) is 9.88 Å². The van der Waals surface area contributed by atoms with E-state index in [2.05, 4.69) is 10.3 Å². The molecule has 30 heavy (non-hydrogen) atoms. The van der Waals surface area contributed by atoms with Crippen molar-refractivity contribution in [3.05, 3.63) is 95.3 Å². The largest absolute Gasteiger partial charge is 0.416 e. The number of rotatable bonds is 5. The lowest BCUT2D eigenvalue weighted by atomic mass is 10.1. The summed E-state index contributed by atoms with van der Waals surface area (Å²) in [6.45, 7) is 0.142. The number of carbonyl (C=O) groups excluding carboxylic acids is 2. The van der Waals surface area contributed by atoms with Crippen molar-refractivity contribution in [1.29, 1.82) is 0 Å². The van der Waals surface area contributed by atoms with E-state index in [4.69, 9.17) is 0 Å². The maximum Gasteiger partial charge on any atom is 0.416 e. The van der Waals surface area contributed by atoms with Gasteiger partial charge in [-0.1, -0.05) is 18.2 Å². The maximum atomic E-state index is 12.7. The van der Waals surface area contributed by atoms with Gasteiger partial charge in [-0.25, -0.2) is 0 Å². The molecule has 2 aromatic carbocycles. The van der Waals surface area contributed by atoms with Gasteiger partial charge in [-0.3, -0.25) is 14.6 Å². The Balaban J connectivity index is 1.67. The standard InChI is InChI=1S/C22H18F3N3O2/c1-28(14-15-7-9-18(10-8-15)22(23,24)25)21(30)16-4-2-6-19(12-16)27-20(29)17-5-3-11-26-13-17/h2-13H,14H2,1H3,(H,27,29). The van der Waals surface area contributed by atoms with Crippen LogP contribution in [0.15, 0.2) is 73.1 Å². The fourth-order valence-corrected chi connectivity index (χ4v) is 2.80. The highest BCUT2D eigenvalue weighted by Crippen LogP contribution is 2.29. The van der Waals surface area contributed by atoms with Crippen LogP contribution in [0.25, 0.3) is 0 Å². The lowest BCUT2D eigenvalue weighted by Crippen LogP contribution is -2.26. The predicted molar refractivity (Wildman–Crippen MR) is 106 cm³/mol. The lowest BCUT2D eigenvalue weighted by molar-refractivity contribution is -0.137. The van der Waals surface area contributed by atoms with Crippen molar-refractivity contribution < 1.29 is 22.8 Å². The van der Waals surface area contributed by atoms with Gasteiger partial charge in [-0.2, -0.15) is 13.2 Å². The van der Waals surface area contributed by atoms with E-state index in [1.165, 1.54) is 23.2 Å². The SMILES string of the molecule is CN(Cc1ccc(C(F)(F)F)cc1)C(=O)c1cccc(NC(=O)c2cccnc2)c1. The molecule has 0 saturated carbocycles. The third-order valence-electron chi connectivity index (χ3n) is 4.34. The van der Waals surface area contributed by atoms with Crippen molar-refractivity contribution in [2.24, 2.45) is 0 Å². The summed E-state index contributed by atoms with van der Waals surface area (Å²) < 4.78 is 38.0. The molecule has 0 fully saturated rings. The highest BCUT2D eigenvalue weighted by molar-refractivity contribution is 6.04. The van der Waals surface area contributed by atoms with Crippen LogP contribution in [0.5, 0.6) is 0 Å². The third kappa shape index (κ3) is 5.22. The van der Waals surface area contributed by atoms with Crippen molar-refractivity contribution in [3.63, 3.8) is 0 Å². The Morgan fingerprint density at radius 3 is 2.33 bits per heavy atom. The number of hydrogen-bond donors (Lipinski definition) is 1. The van der Waals surface area contributed by atoms with Gasteiger partial charge in [0, 0.05) is 37.2 Å². The molecule has 3 aromatic rings. The second kappa shape index (κ2) is 8.77. The highest BCUT2D eigenvalue weighted by atomic mass is 19.4. The van der Waals surface area contributed by atoms with E-state index in [-0.39, 0.29) is 18.4 Å². The molecule has 5 nitrogen and oxygen atoms in total. The molecule has 1 heterocycles. The van der Waals surface area contributed by atoms with E-state index < -0.39 is 11.7 Å². The van der Waals surface area contributed by atoms with Crippen LogP contribution in [0.3, 0.4) is 0 Å². The fourth-order valence-electron chi connectivity index (χ4n) is 2.80. The molecule has 0 radical (unpaired) electrons. The Labute approximate surface area is 171 Å². The second-order valence-electron chi connectivity index (χ2n) is 6.63. The molecule has 0 aliphatic carbocycles. The lowest BCUT2D eigenvalue weighted by Gasteiger charge is -2.18. The summed E-state index contributed by atoms with van der Waals surface area (Å²) in [6.07, 6.45) is -1.41. The van der Waals surface area contributed by atoms with Crippen LogP contribution in [0.1, 0.15) is 31.8 Å². The van der Waals surface area contributed by atoms with E-state index in [9.17, 15) is 22.8 Å². The van der Waals surface area contributed by atoms with Gasteiger partial charge in [0.15, 0.2) is 0 Å². The molecular formula is C22H18F3N3O2. The Morgan fingerprint density at radius 2 is 1.70 bits per heavy atom. The van der Waals surface area contributed by atoms with Gasteiger partial charge in [0.05, 0.1) is 11.1 Å². The monoisotopic (exact) mass is 413 g/mol. The van der Waals surface area contributed by atoms with Crippen molar-refractivity contribution in [3.8, 4) is 0 Å². The minimum atomic E-state index is -4.40. The summed E-state index contributed by atoms with van der Waals surface area (Å²) in [4.78, 5) is 30.2. The van der Waals surface area contributed by atoms with Gasteiger partial charge < -0.3 is 10.2 Å². The first-order valence-electron chi connectivity index (χ1n) is 8.97. The molecule has 154 valence electrons. The Hall–Kier alpha value is -3.68. The van der Waals surface area contributed by atoms with Crippen LogP contribution >= 0.6 is 0 Å². The second-order valence-corrected chi connectivity index (χ2v) is 6.63. The zero-order chi connectivity index (χ0) is 21.7. The van der Waals surface area contributed by atoms with Crippen molar-refractivity contribution in [2.45, 2.75) is 12.7 Å². The van der Waals surface area contributed by atoms with Crippen LogP contribution in [-0.2, 0) is 12.7 Å². The number of hydrogen-bond acceptors (Lipinski definition) is 3. The Bertz CT molecular complexity index is 1040. The highest BCUT2D eigenvalue weighted by Gasteiger charge is 2.30. The number of anilines is 1. The molecule has 8 heteroatoms. The molecule has 0 unspecified atom stereocenters. The summed E-state index contributed by atoms with van der Waals surface area (Å²) in [7, 11) is 1.56. The normalized spacial score (nSPS) is 11.1. The van der Waals surface area contributed by atoms with Crippen molar-refractivity contribution in [2.75, 3.05) is 12.4 Å². The fraction of sp³-hybridized carbons (Fsp3) is 0.136. The van der Waals surface area contributed by atoms with Gasteiger partial charge in [0.25, 0.3) is 11.8 Å². The van der Waals surface area contributed by atoms with Crippen LogP contribution < -0.4 is 5.32 Å². The van der Waals surface area contributed by atoms with Crippen LogP contribution in [0, 0.1) is 0 Å². The number of pyridine rings is 1. The molecule has 2 amide bonds. The van der Waals surface area contributed by atoms with E-state index in [0.29, 0.717) is 22.4 Å². The molecule has 1 aromatic heterocycles. The molecule has 1 N–H and O–H groups in total. The predicted octanol–water partition coefficient (Wildman–Crippen LogP) is 4.62. The third-order valence-corrected chi connectivity index (χ3v) is 4.34. The minimum Gasteiger partial charge on any atom is -0.337 e. The number of amides is 2. The average Bonchev–Trinajstić information content (AvgIpc) is 2.73. The number of carbonyl (C=O) groups is 2. The summed E-state index contributed by atoms with van der Waals surface area (Å²) in [5.41, 5.74) is 0.997. The summed E-state index contributed by atoms with van der Waals surface area (Å²) in [5.74, 6) is -0.682. The number of nitrogens with one attached hydrogen (secondary N) is 1. The van der Waals surface area contributed by atoms with Gasteiger partial charge >= 0.3 is 6.18 Å². The average molecular weight is 413 g/mol. The molecule has 0 saturated heterocycles. The summed E-state index contributed by atoms with van der Waals surface area (Å²) in [5, 5.41) is 2.71. The number of aromatic nitrogens is 1. The number of alkyl halides is 3.